The molecule has 5 rings (SSSR count). The number of likely N-dealkylation sites (N-methyl/N-ethyl adjacent to an activating group) is 1. The number of amides is 1. The number of nitrogens with one attached hydrogen (secondary N) is 3. The number of aromatic amines is 2. The lowest BCUT2D eigenvalue weighted by Crippen LogP contribution is -2.27. The van der Waals surface area contributed by atoms with Gasteiger partial charge in [-0.15, -0.1) is 0 Å². The van der Waals surface area contributed by atoms with Gasteiger partial charge in [-0.3, -0.25) is 9.59 Å². The van der Waals surface area contributed by atoms with Crippen LogP contribution in [0, 0.1) is 0 Å². The number of carbonyl (C=O) groups excluding carboxylic acids is 1. The molecule has 0 aliphatic carbocycles. The first-order valence-corrected chi connectivity index (χ1v) is 10.7. The number of benzene rings is 1. The van der Waals surface area contributed by atoms with Crippen LogP contribution in [0.25, 0.3) is 27.7 Å². The van der Waals surface area contributed by atoms with Crippen LogP contribution in [0.2, 0.25) is 0 Å². The van der Waals surface area contributed by atoms with Gasteiger partial charge in [-0.25, -0.2) is 4.98 Å². The SMILES string of the molecule is CN(C)CC(=O)Nc1cccc(Cc2c[nH]c(=O)c3cc(-c4c[nH]c5ncccc45)cn23)c1. The molecule has 33 heavy (non-hydrogen) atoms. The van der Waals surface area contributed by atoms with E-state index in [1.165, 1.54) is 0 Å². The molecule has 5 aromatic rings. The van der Waals surface area contributed by atoms with Gasteiger partial charge in [-0.2, -0.15) is 0 Å². The van der Waals surface area contributed by atoms with Crippen molar-refractivity contribution in [1.29, 1.82) is 0 Å². The number of hydrogen-bond donors (Lipinski definition) is 3. The molecule has 166 valence electrons. The van der Waals surface area contributed by atoms with Gasteiger partial charge in [0.25, 0.3) is 5.56 Å². The number of H-pyrrole nitrogens is 2. The predicted octanol–water partition coefficient (Wildman–Crippen LogP) is 3.26. The fourth-order valence-electron chi connectivity index (χ4n) is 4.10. The minimum atomic E-state index is -0.146. The van der Waals surface area contributed by atoms with E-state index in [1.807, 2.05) is 78.3 Å². The molecule has 0 saturated heterocycles. The molecule has 0 fully saturated rings. The quantitative estimate of drug-likeness (QED) is 0.377. The van der Waals surface area contributed by atoms with Crippen molar-refractivity contribution in [2.24, 2.45) is 0 Å². The third kappa shape index (κ3) is 4.16. The fraction of sp³-hybridized carbons (Fsp3) is 0.160. The number of nitrogens with zero attached hydrogens (tertiary/aromatic N) is 3. The number of aromatic nitrogens is 4. The van der Waals surface area contributed by atoms with Crippen LogP contribution in [-0.4, -0.2) is 50.8 Å². The Morgan fingerprint density at radius 2 is 2.00 bits per heavy atom. The molecule has 4 heterocycles. The molecule has 0 unspecified atom stereocenters. The van der Waals surface area contributed by atoms with E-state index in [9.17, 15) is 9.59 Å². The van der Waals surface area contributed by atoms with Gasteiger partial charge in [-0.1, -0.05) is 12.1 Å². The normalized spacial score (nSPS) is 11.5. The van der Waals surface area contributed by atoms with Gasteiger partial charge in [0.1, 0.15) is 11.2 Å². The largest absolute Gasteiger partial charge is 0.346 e. The second-order valence-electron chi connectivity index (χ2n) is 8.36. The highest BCUT2D eigenvalue weighted by Gasteiger charge is 2.13. The predicted molar refractivity (Wildman–Crippen MR) is 130 cm³/mol. The number of anilines is 1. The highest BCUT2D eigenvalue weighted by atomic mass is 16.2. The van der Waals surface area contributed by atoms with E-state index in [0.717, 1.165) is 39.1 Å². The molecule has 1 amide bonds. The zero-order valence-corrected chi connectivity index (χ0v) is 18.4. The summed E-state index contributed by atoms with van der Waals surface area (Å²) in [5, 5.41) is 3.94. The maximum Gasteiger partial charge on any atom is 0.272 e. The van der Waals surface area contributed by atoms with E-state index in [0.29, 0.717) is 18.5 Å². The summed E-state index contributed by atoms with van der Waals surface area (Å²) in [6, 6.07) is 13.6. The summed E-state index contributed by atoms with van der Waals surface area (Å²) in [6.07, 6.45) is 7.98. The summed E-state index contributed by atoms with van der Waals surface area (Å²) in [5.41, 5.74) is 5.89. The van der Waals surface area contributed by atoms with Crippen molar-refractivity contribution in [1.82, 2.24) is 24.3 Å². The number of carbonyl (C=O) groups is 1. The van der Waals surface area contributed by atoms with Gasteiger partial charge in [-0.05, 0) is 50.0 Å². The average Bonchev–Trinajstić information content (AvgIpc) is 3.40. The van der Waals surface area contributed by atoms with Crippen LogP contribution in [0.15, 0.2) is 72.0 Å². The standard InChI is InChI=1S/C25H24N6O2/c1-30(2)15-23(32)29-18-6-3-5-16(9-18)10-19-12-28-25(33)22-11-17(14-31(19)22)21-13-27-24-20(21)7-4-8-26-24/h3-9,11-14H,10,15H2,1-2H3,(H,26,27)(H,28,33)(H,29,32). The van der Waals surface area contributed by atoms with Gasteiger partial charge >= 0.3 is 0 Å². The highest BCUT2D eigenvalue weighted by Crippen LogP contribution is 2.29. The van der Waals surface area contributed by atoms with E-state index in [4.69, 9.17) is 0 Å². The summed E-state index contributed by atoms with van der Waals surface area (Å²) in [4.78, 5) is 36.9. The van der Waals surface area contributed by atoms with Crippen LogP contribution >= 0.6 is 0 Å². The second-order valence-corrected chi connectivity index (χ2v) is 8.36. The smallest absolute Gasteiger partial charge is 0.272 e. The summed E-state index contributed by atoms with van der Waals surface area (Å²) < 4.78 is 1.93. The maximum atomic E-state index is 12.5. The monoisotopic (exact) mass is 440 g/mol. The highest BCUT2D eigenvalue weighted by molar-refractivity contribution is 5.94. The molecule has 0 bridgehead atoms. The van der Waals surface area contributed by atoms with Crippen molar-refractivity contribution in [2.45, 2.75) is 6.42 Å². The van der Waals surface area contributed by atoms with Crippen LogP contribution in [0.5, 0.6) is 0 Å². The summed E-state index contributed by atoms with van der Waals surface area (Å²) in [6.45, 7) is 0.320. The van der Waals surface area contributed by atoms with Crippen molar-refractivity contribution < 1.29 is 4.79 Å². The first-order chi connectivity index (χ1) is 16.0. The Balaban J connectivity index is 1.48. The molecular formula is C25H24N6O2. The molecule has 8 heteroatoms. The lowest BCUT2D eigenvalue weighted by atomic mass is 10.1. The van der Waals surface area contributed by atoms with Gasteiger partial charge in [0.15, 0.2) is 0 Å². The van der Waals surface area contributed by atoms with Crippen LogP contribution in [0.4, 0.5) is 5.69 Å². The molecule has 0 atom stereocenters. The molecule has 0 aliphatic rings. The lowest BCUT2D eigenvalue weighted by molar-refractivity contribution is -0.116. The minimum absolute atomic E-state index is 0.0631. The number of rotatable bonds is 6. The van der Waals surface area contributed by atoms with E-state index in [-0.39, 0.29) is 11.5 Å². The topological polar surface area (TPSA) is 98.3 Å². The fourth-order valence-corrected chi connectivity index (χ4v) is 4.10. The molecule has 4 aromatic heterocycles. The molecule has 0 saturated carbocycles. The van der Waals surface area contributed by atoms with E-state index >= 15 is 0 Å². The van der Waals surface area contributed by atoms with Gasteiger partial charge in [0, 0.05) is 59.1 Å². The van der Waals surface area contributed by atoms with Crippen LogP contribution in [0.1, 0.15) is 11.3 Å². The molecule has 1 aromatic carbocycles. The summed E-state index contributed by atoms with van der Waals surface area (Å²) >= 11 is 0. The van der Waals surface area contributed by atoms with Crippen molar-refractivity contribution >= 4 is 28.1 Å². The Morgan fingerprint density at radius 1 is 1.12 bits per heavy atom. The van der Waals surface area contributed by atoms with Crippen molar-refractivity contribution in [3.63, 3.8) is 0 Å². The van der Waals surface area contributed by atoms with E-state index in [1.54, 1.807) is 12.4 Å². The number of fused-ring (bicyclic) bond motifs is 2. The van der Waals surface area contributed by atoms with Crippen molar-refractivity contribution in [3.8, 4) is 11.1 Å². The third-order valence-corrected chi connectivity index (χ3v) is 5.55. The van der Waals surface area contributed by atoms with Crippen LogP contribution in [0.3, 0.4) is 0 Å². The van der Waals surface area contributed by atoms with Crippen molar-refractivity contribution in [2.75, 3.05) is 26.0 Å². The zero-order valence-electron chi connectivity index (χ0n) is 18.4. The molecule has 0 radical (unpaired) electrons. The molecule has 3 N–H and O–H groups in total. The maximum absolute atomic E-state index is 12.5. The Labute approximate surface area is 189 Å². The first-order valence-electron chi connectivity index (χ1n) is 10.7. The van der Waals surface area contributed by atoms with E-state index < -0.39 is 0 Å². The number of pyridine rings is 1. The molecule has 0 aliphatic heterocycles. The van der Waals surface area contributed by atoms with Crippen LogP contribution < -0.4 is 10.9 Å². The molecule has 0 spiro atoms. The summed E-state index contributed by atoms with van der Waals surface area (Å²) in [7, 11) is 3.71. The number of hydrogen-bond acceptors (Lipinski definition) is 4. The Hall–Kier alpha value is -4.17. The molecule has 8 nitrogen and oxygen atoms in total. The lowest BCUT2D eigenvalue weighted by Gasteiger charge is -2.11. The van der Waals surface area contributed by atoms with Gasteiger partial charge < -0.3 is 24.6 Å². The second kappa shape index (κ2) is 8.40. The van der Waals surface area contributed by atoms with Gasteiger partial charge in [0.2, 0.25) is 5.91 Å². The van der Waals surface area contributed by atoms with Crippen LogP contribution in [-0.2, 0) is 11.2 Å². The zero-order chi connectivity index (χ0) is 22.9. The van der Waals surface area contributed by atoms with E-state index in [2.05, 4.69) is 20.3 Å². The van der Waals surface area contributed by atoms with Crippen molar-refractivity contribution in [3.05, 3.63) is 88.9 Å². The minimum Gasteiger partial charge on any atom is -0.346 e. The average molecular weight is 441 g/mol. The Morgan fingerprint density at radius 3 is 2.85 bits per heavy atom. The molecular weight excluding hydrogens is 416 g/mol. The Kier molecular flexibility index (Phi) is 5.27. The summed E-state index contributed by atoms with van der Waals surface area (Å²) in [5.74, 6) is -0.0631. The van der Waals surface area contributed by atoms with Gasteiger partial charge in [0.05, 0.1) is 6.54 Å². The Bertz CT molecular complexity index is 1530. The first kappa shape index (κ1) is 20.7. The third-order valence-electron chi connectivity index (χ3n) is 5.55.